The zero-order chi connectivity index (χ0) is 13.0. The third-order valence-corrected chi connectivity index (χ3v) is 3.70. The second-order valence-electron chi connectivity index (χ2n) is 4.82. The molecule has 1 aliphatic carbocycles. The monoisotopic (exact) mass is 279 g/mol. The minimum absolute atomic E-state index is 0. The molecule has 0 bridgehead atoms. The van der Waals surface area contributed by atoms with E-state index in [2.05, 4.69) is 24.5 Å². The number of hydrogen-bond acceptors (Lipinski definition) is 2. The molecule has 0 saturated heterocycles. The first-order valence-corrected chi connectivity index (χ1v) is 6.53. The van der Waals surface area contributed by atoms with Crippen LogP contribution in [0.4, 0.5) is 0 Å². The number of aromatic hydroxyl groups is 1. The molecule has 1 aliphatic rings. The van der Waals surface area contributed by atoms with Crippen molar-refractivity contribution >= 4 is 12.4 Å². The van der Waals surface area contributed by atoms with Crippen molar-refractivity contribution in [3.8, 4) is 5.75 Å². The zero-order valence-corrected chi connectivity index (χ0v) is 12.0. The fourth-order valence-corrected chi connectivity index (χ4v) is 2.90. The van der Waals surface area contributed by atoms with Crippen LogP contribution in [0.1, 0.15) is 29.9 Å². The summed E-state index contributed by atoms with van der Waals surface area (Å²) in [6.07, 6.45) is 6.83. The Bertz CT molecular complexity index is 444. The van der Waals surface area contributed by atoms with E-state index >= 15 is 0 Å². The Morgan fingerprint density at radius 2 is 2.11 bits per heavy atom. The zero-order valence-electron chi connectivity index (χ0n) is 11.1. The molecule has 3 heteroatoms. The minimum atomic E-state index is 0. The topological polar surface area (TPSA) is 32.3 Å². The van der Waals surface area contributed by atoms with E-state index in [0.717, 1.165) is 31.4 Å². The molecule has 104 valence electrons. The first kappa shape index (κ1) is 15.8. The van der Waals surface area contributed by atoms with Gasteiger partial charge in [-0.05, 0) is 30.9 Å². The van der Waals surface area contributed by atoms with Crippen molar-refractivity contribution in [3.05, 3.63) is 54.6 Å². The van der Waals surface area contributed by atoms with Gasteiger partial charge in [-0.2, -0.15) is 0 Å². The summed E-state index contributed by atoms with van der Waals surface area (Å²) in [7, 11) is 0. The van der Waals surface area contributed by atoms with Crippen molar-refractivity contribution in [3.63, 3.8) is 0 Å². The molecule has 1 aromatic rings. The van der Waals surface area contributed by atoms with Crippen molar-refractivity contribution in [2.24, 2.45) is 0 Å². The van der Waals surface area contributed by atoms with E-state index in [1.165, 1.54) is 5.56 Å². The van der Waals surface area contributed by atoms with Gasteiger partial charge >= 0.3 is 0 Å². The van der Waals surface area contributed by atoms with Gasteiger partial charge in [0.15, 0.2) is 0 Å². The molecule has 2 nitrogen and oxygen atoms in total. The molecule has 2 rings (SSSR count). The first-order chi connectivity index (χ1) is 8.77. The predicted molar refractivity (Wildman–Crippen MR) is 83.2 cm³/mol. The summed E-state index contributed by atoms with van der Waals surface area (Å²) in [5.74, 6) is 0.733. The molecule has 0 spiro atoms. The van der Waals surface area contributed by atoms with Gasteiger partial charge in [-0.25, -0.2) is 0 Å². The molecule has 2 atom stereocenters. The molecule has 0 radical (unpaired) electrons. The number of hydrogen-bond donors (Lipinski definition) is 2. The van der Waals surface area contributed by atoms with Gasteiger partial charge in [-0.15, -0.1) is 25.6 Å². The fraction of sp³-hybridized carbons (Fsp3) is 0.375. The summed E-state index contributed by atoms with van der Waals surface area (Å²) in [6, 6.07) is 6.22. The number of aryl methyl sites for hydroxylation is 1. The Labute approximate surface area is 121 Å². The third-order valence-electron chi connectivity index (χ3n) is 3.70. The molecule has 0 aliphatic heterocycles. The lowest BCUT2D eigenvalue weighted by molar-refractivity contribution is 0.381. The molecular weight excluding hydrogens is 258 g/mol. The van der Waals surface area contributed by atoms with Crippen LogP contribution in [0.5, 0.6) is 5.75 Å². The summed E-state index contributed by atoms with van der Waals surface area (Å²) in [6.45, 7) is 8.40. The fourth-order valence-electron chi connectivity index (χ4n) is 2.90. The largest absolute Gasteiger partial charge is 0.508 e. The van der Waals surface area contributed by atoms with Crippen molar-refractivity contribution < 1.29 is 5.11 Å². The lowest BCUT2D eigenvalue weighted by atomic mass is 9.77. The maximum Gasteiger partial charge on any atom is 0.119 e. The third kappa shape index (κ3) is 3.40. The van der Waals surface area contributed by atoms with Crippen LogP contribution in [-0.2, 0) is 6.42 Å². The number of halogens is 1. The van der Waals surface area contributed by atoms with Crippen LogP contribution in [0.25, 0.3) is 0 Å². The molecule has 2 N–H and O–H groups in total. The van der Waals surface area contributed by atoms with Gasteiger partial charge in [0.2, 0.25) is 0 Å². The molecule has 0 amide bonds. The second kappa shape index (κ2) is 7.37. The van der Waals surface area contributed by atoms with Crippen LogP contribution in [0, 0.1) is 0 Å². The van der Waals surface area contributed by atoms with E-state index < -0.39 is 0 Å². The molecular formula is C16H22ClNO. The van der Waals surface area contributed by atoms with E-state index in [4.69, 9.17) is 0 Å². The summed E-state index contributed by atoms with van der Waals surface area (Å²) >= 11 is 0. The summed E-state index contributed by atoms with van der Waals surface area (Å²) < 4.78 is 0. The van der Waals surface area contributed by atoms with Gasteiger partial charge in [0.1, 0.15) is 5.75 Å². The number of allylic oxidation sites excluding steroid dienone is 1. The Morgan fingerprint density at radius 1 is 1.32 bits per heavy atom. The number of fused-ring (bicyclic) bond motifs is 1. The van der Waals surface area contributed by atoms with Crippen LogP contribution in [0.3, 0.4) is 0 Å². The van der Waals surface area contributed by atoms with Crippen LogP contribution in [0.2, 0.25) is 0 Å². The van der Waals surface area contributed by atoms with Gasteiger partial charge < -0.3 is 10.4 Å². The Morgan fingerprint density at radius 3 is 2.79 bits per heavy atom. The van der Waals surface area contributed by atoms with Crippen LogP contribution in [0.15, 0.2) is 43.5 Å². The van der Waals surface area contributed by atoms with E-state index in [0.29, 0.717) is 17.7 Å². The van der Waals surface area contributed by atoms with E-state index in [1.807, 2.05) is 18.2 Å². The highest BCUT2D eigenvalue weighted by Crippen LogP contribution is 2.39. The van der Waals surface area contributed by atoms with Gasteiger partial charge in [0.25, 0.3) is 0 Å². The van der Waals surface area contributed by atoms with Crippen LogP contribution in [-0.4, -0.2) is 17.7 Å². The maximum atomic E-state index is 10.1. The highest BCUT2D eigenvalue weighted by Gasteiger charge is 2.30. The molecule has 0 fully saturated rings. The number of rotatable bonds is 5. The quantitative estimate of drug-likeness (QED) is 0.808. The average Bonchev–Trinajstić information content (AvgIpc) is 2.38. The Kier molecular flexibility index (Phi) is 6.13. The first-order valence-electron chi connectivity index (χ1n) is 6.53. The predicted octanol–water partition coefficient (Wildman–Crippen LogP) is 3.56. The summed E-state index contributed by atoms with van der Waals surface area (Å²) in [4.78, 5) is 0. The van der Waals surface area contributed by atoms with Crippen LogP contribution >= 0.6 is 12.4 Å². The van der Waals surface area contributed by atoms with E-state index in [9.17, 15) is 5.11 Å². The van der Waals surface area contributed by atoms with Crippen molar-refractivity contribution in [1.82, 2.24) is 5.32 Å². The molecule has 0 heterocycles. The van der Waals surface area contributed by atoms with Gasteiger partial charge in [-0.3, -0.25) is 0 Å². The summed E-state index contributed by atoms with van der Waals surface area (Å²) in [5.41, 5.74) is 2.38. The number of phenolic OH excluding ortho intramolecular Hbond substituents is 1. The molecule has 19 heavy (non-hydrogen) atoms. The highest BCUT2D eigenvalue weighted by atomic mass is 35.5. The molecule has 0 unspecified atom stereocenters. The van der Waals surface area contributed by atoms with E-state index in [1.54, 1.807) is 6.07 Å². The average molecular weight is 280 g/mol. The smallest absolute Gasteiger partial charge is 0.119 e. The molecule has 1 aromatic carbocycles. The number of benzene rings is 1. The number of phenols is 1. The molecule has 0 saturated carbocycles. The van der Waals surface area contributed by atoms with Gasteiger partial charge in [-0.1, -0.05) is 24.3 Å². The van der Waals surface area contributed by atoms with Gasteiger partial charge in [0.05, 0.1) is 0 Å². The molecule has 0 aromatic heterocycles. The second-order valence-corrected chi connectivity index (χ2v) is 4.82. The Hall–Kier alpha value is -1.25. The lowest BCUT2D eigenvalue weighted by Gasteiger charge is -2.34. The lowest BCUT2D eigenvalue weighted by Crippen LogP contribution is -2.38. The SMILES string of the molecule is C=CCN[C@@H]1CCc2cccc(O)c2[C@@H]1CC=C.Cl. The Balaban J connectivity index is 0.00000180. The van der Waals surface area contributed by atoms with Crippen molar-refractivity contribution in [2.45, 2.75) is 31.2 Å². The minimum Gasteiger partial charge on any atom is -0.508 e. The standard InChI is InChI=1S/C16H21NO.ClH/c1-3-6-13-14(17-11-4-2)10-9-12-7-5-8-15(18)16(12)13;/h3-5,7-8,13-14,17-18H,1-2,6,9-11H2;1H/t13-,14-;/m1./s1. The van der Waals surface area contributed by atoms with Crippen molar-refractivity contribution in [1.29, 1.82) is 0 Å². The summed E-state index contributed by atoms with van der Waals surface area (Å²) in [5, 5.41) is 13.6. The van der Waals surface area contributed by atoms with E-state index in [-0.39, 0.29) is 12.4 Å². The normalized spacial score (nSPS) is 21.1. The van der Waals surface area contributed by atoms with Crippen LogP contribution < -0.4 is 5.32 Å². The number of nitrogens with one attached hydrogen (secondary N) is 1. The van der Waals surface area contributed by atoms with Crippen molar-refractivity contribution in [2.75, 3.05) is 6.54 Å². The maximum absolute atomic E-state index is 10.1. The highest BCUT2D eigenvalue weighted by molar-refractivity contribution is 5.85. The van der Waals surface area contributed by atoms with Gasteiger partial charge in [0, 0.05) is 24.1 Å².